The molecule has 1 rings (SSSR count). The van der Waals surface area contributed by atoms with E-state index in [1.165, 1.54) is 0 Å². The Hall–Kier alpha value is -1.46. The molecule has 1 aromatic rings. The Bertz CT molecular complexity index is 327. The van der Waals surface area contributed by atoms with Crippen LogP contribution in [0.15, 0.2) is 24.5 Å². The molecule has 0 aromatic carbocycles. The first-order valence-electron chi connectivity index (χ1n) is 5.19. The second kappa shape index (κ2) is 6.19. The molecule has 1 amide bonds. The largest absolute Gasteiger partial charge is 0.392 e. The number of nitrogens with zero attached hydrogens (tertiary/aromatic N) is 1. The van der Waals surface area contributed by atoms with Gasteiger partial charge in [-0.2, -0.15) is 0 Å². The highest BCUT2D eigenvalue weighted by molar-refractivity contribution is 5.78. The average Bonchev–Trinajstić information content (AvgIpc) is 2.27. The third-order valence-electron chi connectivity index (χ3n) is 2.24. The van der Waals surface area contributed by atoms with E-state index < -0.39 is 12.1 Å². The summed E-state index contributed by atoms with van der Waals surface area (Å²) in [6.45, 7) is 1.87. The Balaban J connectivity index is 2.32. The molecule has 0 aliphatic heterocycles. The van der Waals surface area contributed by atoms with Gasteiger partial charge in [0.15, 0.2) is 0 Å². The fraction of sp³-hybridized carbons (Fsp3) is 0.455. The molecule has 4 N–H and O–H groups in total. The number of aliphatic hydroxyl groups is 1. The molecule has 5 heteroatoms. The number of carbonyl (C=O) groups excluding carboxylic acids is 1. The molecule has 0 aliphatic carbocycles. The smallest absolute Gasteiger partial charge is 0.224 e. The van der Waals surface area contributed by atoms with Gasteiger partial charge in [-0.1, -0.05) is 6.07 Å². The summed E-state index contributed by atoms with van der Waals surface area (Å²) in [5.74, 6) is -0.121. The van der Waals surface area contributed by atoms with E-state index in [4.69, 9.17) is 10.8 Å². The number of nitrogens with one attached hydrogen (secondary N) is 1. The zero-order valence-corrected chi connectivity index (χ0v) is 9.26. The first-order valence-corrected chi connectivity index (χ1v) is 5.19. The summed E-state index contributed by atoms with van der Waals surface area (Å²) in [6, 6.07) is 3.18. The predicted molar refractivity (Wildman–Crippen MR) is 60.6 cm³/mol. The summed E-state index contributed by atoms with van der Waals surface area (Å²) in [5.41, 5.74) is 6.43. The Labute approximate surface area is 94.7 Å². The second-order valence-corrected chi connectivity index (χ2v) is 3.75. The Kier molecular flexibility index (Phi) is 4.88. The van der Waals surface area contributed by atoms with Crippen LogP contribution >= 0.6 is 0 Å². The fourth-order valence-corrected chi connectivity index (χ4v) is 1.15. The molecule has 5 nitrogen and oxygen atoms in total. The van der Waals surface area contributed by atoms with Gasteiger partial charge in [-0.3, -0.25) is 9.78 Å². The van der Waals surface area contributed by atoms with Crippen molar-refractivity contribution in [2.75, 3.05) is 6.54 Å². The van der Waals surface area contributed by atoms with Crippen molar-refractivity contribution in [1.82, 2.24) is 10.3 Å². The zero-order chi connectivity index (χ0) is 12.0. The number of hydrogen-bond donors (Lipinski definition) is 3. The van der Waals surface area contributed by atoms with Crippen molar-refractivity contribution in [1.29, 1.82) is 0 Å². The first kappa shape index (κ1) is 12.6. The number of hydrogen-bond acceptors (Lipinski definition) is 4. The molecule has 2 atom stereocenters. The number of amides is 1. The monoisotopic (exact) mass is 223 g/mol. The third kappa shape index (κ3) is 4.37. The average molecular weight is 223 g/mol. The van der Waals surface area contributed by atoms with Crippen molar-refractivity contribution < 1.29 is 9.90 Å². The molecule has 1 heterocycles. The highest BCUT2D eigenvalue weighted by atomic mass is 16.3. The van der Waals surface area contributed by atoms with Crippen LogP contribution < -0.4 is 11.1 Å². The normalized spacial score (nSPS) is 14.2. The van der Waals surface area contributed by atoms with E-state index in [1.807, 2.05) is 6.07 Å². The molecular weight excluding hydrogens is 206 g/mol. The quantitative estimate of drug-likeness (QED) is 0.625. The molecule has 16 heavy (non-hydrogen) atoms. The van der Waals surface area contributed by atoms with Crippen molar-refractivity contribution in [3.05, 3.63) is 30.1 Å². The standard InChI is InChI=1S/C11H17N3O2/c1-8(15)10(12)7-14-11(16)5-9-3-2-4-13-6-9/h2-4,6,8,10,15H,5,7,12H2,1H3,(H,14,16). The van der Waals surface area contributed by atoms with Crippen molar-refractivity contribution in [2.45, 2.75) is 25.5 Å². The van der Waals surface area contributed by atoms with Crippen LogP contribution in [0.4, 0.5) is 0 Å². The highest BCUT2D eigenvalue weighted by Crippen LogP contribution is 1.96. The van der Waals surface area contributed by atoms with E-state index in [-0.39, 0.29) is 18.9 Å². The zero-order valence-electron chi connectivity index (χ0n) is 9.26. The number of rotatable bonds is 5. The molecule has 1 aromatic heterocycles. The van der Waals surface area contributed by atoms with Gasteiger partial charge in [0.05, 0.1) is 12.5 Å². The van der Waals surface area contributed by atoms with Crippen molar-refractivity contribution in [3.63, 3.8) is 0 Å². The van der Waals surface area contributed by atoms with Gasteiger partial charge >= 0.3 is 0 Å². The number of carbonyl (C=O) groups is 1. The van der Waals surface area contributed by atoms with Crippen LogP contribution in [-0.4, -0.2) is 34.7 Å². The van der Waals surface area contributed by atoms with Gasteiger partial charge in [0.2, 0.25) is 5.91 Å². The van der Waals surface area contributed by atoms with Crippen LogP contribution in [0.5, 0.6) is 0 Å². The Morgan fingerprint density at radius 2 is 2.44 bits per heavy atom. The van der Waals surface area contributed by atoms with Crippen LogP contribution in [0.1, 0.15) is 12.5 Å². The van der Waals surface area contributed by atoms with E-state index in [9.17, 15) is 4.79 Å². The molecule has 0 fully saturated rings. The lowest BCUT2D eigenvalue weighted by molar-refractivity contribution is -0.120. The van der Waals surface area contributed by atoms with Crippen molar-refractivity contribution in [3.8, 4) is 0 Å². The minimum atomic E-state index is -0.626. The summed E-state index contributed by atoms with van der Waals surface area (Å²) in [7, 11) is 0. The molecule has 2 unspecified atom stereocenters. The van der Waals surface area contributed by atoms with E-state index in [0.29, 0.717) is 0 Å². The summed E-state index contributed by atoms with van der Waals surface area (Å²) in [6.07, 6.45) is 2.96. The highest BCUT2D eigenvalue weighted by Gasteiger charge is 2.10. The minimum absolute atomic E-state index is 0.121. The molecule has 0 aliphatic rings. The lowest BCUT2D eigenvalue weighted by Crippen LogP contribution is -2.44. The molecule has 88 valence electrons. The fourth-order valence-electron chi connectivity index (χ4n) is 1.15. The predicted octanol–water partition coefficient (Wildman–Crippen LogP) is -0.552. The van der Waals surface area contributed by atoms with E-state index in [0.717, 1.165) is 5.56 Å². The number of pyridine rings is 1. The summed E-state index contributed by atoms with van der Waals surface area (Å²) < 4.78 is 0. The second-order valence-electron chi connectivity index (χ2n) is 3.75. The maximum absolute atomic E-state index is 11.5. The SMILES string of the molecule is CC(O)C(N)CNC(=O)Cc1cccnc1. The Morgan fingerprint density at radius 1 is 1.69 bits per heavy atom. The topological polar surface area (TPSA) is 88.2 Å². The van der Waals surface area contributed by atoms with E-state index in [1.54, 1.807) is 25.4 Å². The maximum Gasteiger partial charge on any atom is 0.224 e. The summed E-state index contributed by atoms with van der Waals surface area (Å²) >= 11 is 0. The van der Waals surface area contributed by atoms with E-state index in [2.05, 4.69) is 10.3 Å². The summed E-state index contributed by atoms with van der Waals surface area (Å²) in [5, 5.41) is 11.8. The van der Waals surface area contributed by atoms with Crippen LogP contribution in [0.25, 0.3) is 0 Å². The number of nitrogens with two attached hydrogens (primary N) is 1. The van der Waals surface area contributed by atoms with Crippen molar-refractivity contribution >= 4 is 5.91 Å². The lowest BCUT2D eigenvalue weighted by Gasteiger charge is -2.15. The number of aromatic nitrogens is 1. The van der Waals surface area contributed by atoms with Gasteiger partial charge < -0.3 is 16.2 Å². The van der Waals surface area contributed by atoms with Gasteiger partial charge in [-0.05, 0) is 18.6 Å². The van der Waals surface area contributed by atoms with Crippen LogP contribution in [0.3, 0.4) is 0 Å². The minimum Gasteiger partial charge on any atom is -0.392 e. The maximum atomic E-state index is 11.5. The molecule has 0 bridgehead atoms. The lowest BCUT2D eigenvalue weighted by atomic mass is 10.2. The van der Waals surface area contributed by atoms with E-state index >= 15 is 0 Å². The first-order chi connectivity index (χ1) is 7.59. The van der Waals surface area contributed by atoms with Gasteiger partial charge in [0.25, 0.3) is 0 Å². The van der Waals surface area contributed by atoms with Crippen LogP contribution in [0.2, 0.25) is 0 Å². The van der Waals surface area contributed by atoms with Crippen molar-refractivity contribution in [2.24, 2.45) is 5.73 Å². The molecule has 0 spiro atoms. The molecule has 0 radical (unpaired) electrons. The van der Waals surface area contributed by atoms with Gasteiger partial charge in [-0.25, -0.2) is 0 Å². The molecule has 0 saturated heterocycles. The van der Waals surface area contributed by atoms with Crippen LogP contribution in [-0.2, 0) is 11.2 Å². The van der Waals surface area contributed by atoms with Gasteiger partial charge in [-0.15, -0.1) is 0 Å². The third-order valence-corrected chi connectivity index (χ3v) is 2.24. The molecule has 0 saturated carbocycles. The van der Waals surface area contributed by atoms with Gasteiger partial charge in [0, 0.05) is 25.0 Å². The van der Waals surface area contributed by atoms with Crippen LogP contribution in [0, 0.1) is 0 Å². The molecular formula is C11H17N3O2. The number of aliphatic hydroxyl groups excluding tert-OH is 1. The summed E-state index contributed by atoms with van der Waals surface area (Å²) in [4.78, 5) is 15.4. The Morgan fingerprint density at radius 3 is 3.00 bits per heavy atom. The van der Waals surface area contributed by atoms with Gasteiger partial charge in [0.1, 0.15) is 0 Å².